The molecular formula is C16H27N3O. The van der Waals surface area contributed by atoms with Crippen LogP contribution in [0.2, 0.25) is 0 Å². The van der Waals surface area contributed by atoms with Crippen LogP contribution in [0.15, 0.2) is 18.2 Å². The number of benzene rings is 1. The second-order valence-corrected chi connectivity index (χ2v) is 5.58. The third kappa shape index (κ3) is 4.20. The molecule has 2 N–H and O–H groups in total. The molecule has 0 spiro atoms. The first-order valence-electron chi connectivity index (χ1n) is 7.51. The fraction of sp³-hybridized carbons (Fsp3) is 0.625. The van der Waals surface area contributed by atoms with Crippen LogP contribution in [0.5, 0.6) is 5.75 Å². The molecule has 0 amide bonds. The van der Waals surface area contributed by atoms with E-state index < -0.39 is 0 Å². The van der Waals surface area contributed by atoms with E-state index in [2.05, 4.69) is 34.9 Å². The molecule has 0 bridgehead atoms. The smallest absolute Gasteiger partial charge is 0.123 e. The Morgan fingerprint density at radius 3 is 2.50 bits per heavy atom. The summed E-state index contributed by atoms with van der Waals surface area (Å²) < 4.78 is 5.49. The van der Waals surface area contributed by atoms with Gasteiger partial charge in [0.1, 0.15) is 5.75 Å². The lowest BCUT2D eigenvalue weighted by molar-refractivity contribution is 0.126. The molecule has 1 heterocycles. The molecule has 1 aliphatic rings. The second-order valence-electron chi connectivity index (χ2n) is 5.58. The molecule has 2 rings (SSSR count). The number of methoxy groups -OCH3 is 1. The third-order valence-corrected chi connectivity index (χ3v) is 3.98. The fourth-order valence-electron chi connectivity index (χ4n) is 2.71. The minimum Gasteiger partial charge on any atom is -0.496 e. The minimum atomic E-state index is 0.792. The van der Waals surface area contributed by atoms with E-state index in [1.54, 1.807) is 7.11 Å². The third-order valence-electron chi connectivity index (χ3n) is 3.98. The summed E-state index contributed by atoms with van der Waals surface area (Å²) in [5, 5.41) is 0. The molecule has 0 atom stereocenters. The molecule has 1 fully saturated rings. The van der Waals surface area contributed by atoms with E-state index in [0.717, 1.165) is 58.0 Å². The van der Waals surface area contributed by atoms with E-state index in [9.17, 15) is 0 Å². The van der Waals surface area contributed by atoms with Crippen LogP contribution in [0, 0.1) is 6.92 Å². The summed E-state index contributed by atoms with van der Waals surface area (Å²) in [6.07, 6.45) is 1.10. The number of aryl methyl sites for hydroxylation is 1. The van der Waals surface area contributed by atoms with Gasteiger partial charge in [-0.25, -0.2) is 0 Å². The SMILES string of the molecule is COc1cc(C)ccc1CN1CCN(CCCN)CC1. The van der Waals surface area contributed by atoms with Gasteiger partial charge in [0, 0.05) is 38.3 Å². The number of nitrogens with two attached hydrogens (primary N) is 1. The molecule has 20 heavy (non-hydrogen) atoms. The Kier molecular flexibility index (Phi) is 5.83. The van der Waals surface area contributed by atoms with Gasteiger partial charge in [0.05, 0.1) is 7.11 Å². The summed E-state index contributed by atoms with van der Waals surface area (Å²) in [6.45, 7) is 9.56. The monoisotopic (exact) mass is 277 g/mol. The summed E-state index contributed by atoms with van der Waals surface area (Å²) in [5.74, 6) is 1.01. The summed E-state index contributed by atoms with van der Waals surface area (Å²) in [7, 11) is 1.75. The lowest BCUT2D eigenvalue weighted by atomic mass is 10.1. The number of hydrogen-bond acceptors (Lipinski definition) is 4. The number of nitrogens with zero attached hydrogens (tertiary/aromatic N) is 2. The Morgan fingerprint density at radius 1 is 1.15 bits per heavy atom. The number of rotatable bonds is 6. The number of hydrogen-bond donors (Lipinski definition) is 1. The van der Waals surface area contributed by atoms with Gasteiger partial charge < -0.3 is 15.4 Å². The average molecular weight is 277 g/mol. The van der Waals surface area contributed by atoms with Gasteiger partial charge in [0.15, 0.2) is 0 Å². The minimum absolute atomic E-state index is 0.792. The molecule has 1 saturated heterocycles. The molecule has 1 aliphatic heterocycles. The molecule has 4 nitrogen and oxygen atoms in total. The highest BCUT2D eigenvalue weighted by molar-refractivity contribution is 5.37. The van der Waals surface area contributed by atoms with Crippen LogP contribution in [0.1, 0.15) is 17.5 Å². The molecule has 0 aromatic heterocycles. The lowest BCUT2D eigenvalue weighted by Gasteiger charge is -2.34. The first-order chi connectivity index (χ1) is 9.72. The van der Waals surface area contributed by atoms with Crippen molar-refractivity contribution in [3.63, 3.8) is 0 Å². The molecule has 0 unspecified atom stereocenters. The van der Waals surface area contributed by atoms with Crippen LogP contribution in [-0.2, 0) is 6.54 Å². The molecule has 0 radical (unpaired) electrons. The van der Waals surface area contributed by atoms with E-state index in [1.165, 1.54) is 11.1 Å². The fourth-order valence-corrected chi connectivity index (χ4v) is 2.71. The summed E-state index contributed by atoms with van der Waals surface area (Å²) in [5.41, 5.74) is 8.10. The van der Waals surface area contributed by atoms with E-state index in [-0.39, 0.29) is 0 Å². The zero-order valence-electron chi connectivity index (χ0n) is 12.8. The Labute approximate surface area is 122 Å². The first kappa shape index (κ1) is 15.3. The maximum absolute atomic E-state index is 5.57. The normalized spacial score (nSPS) is 17.4. The topological polar surface area (TPSA) is 41.7 Å². The van der Waals surface area contributed by atoms with Gasteiger partial charge in [-0.3, -0.25) is 4.90 Å². The average Bonchev–Trinajstić information content (AvgIpc) is 2.48. The Balaban J connectivity index is 1.86. The van der Waals surface area contributed by atoms with Gasteiger partial charge in [0.25, 0.3) is 0 Å². The molecule has 0 aliphatic carbocycles. The maximum atomic E-state index is 5.57. The molecule has 112 valence electrons. The van der Waals surface area contributed by atoms with Crippen molar-refractivity contribution in [2.24, 2.45) is 5.73 Å². The van der Waals surface area contributed by atoms with E-state index in [0.29, 0.717) is 0 Å². The zero-order valence-corrected chi connectivity index (χ0v) is 12.8. The number of ether oxygens (including phenoxy) is 1. The van der Waals surface area contributed by atoms with E-state index in [4.69, 9.17) is 10.5 Å². The van der Waals surface area contributed by atoms with Gasteiger partial charge in [0.2, 0.25) is 0 Å². The largest absolute Gasteiger partial charge is 0.496 e. The Morgan fingerprint density at radius 2 is 1.85 bits per heavy atom. The standard InChI is InChI=1S/C16H27N3O/c1-14-4-5-15(16(12-14)20-2)13-19-10-8-18(9-11-19)7-3-6-17/h4-5,12H,3,6-11,13,17H2,1-2H3. The van der Waals surface area contributed by atoms with E-state index >= 15 is 0 Å². The van der Waals surface area contributed by atoms with Crippen molar-refractivity contribution in [1.29, 1.82) is 0 Å². The van der Waals surface area contributed by atoms with Crippen molar-refractivity contribution in [1.82, 2.24) is 9.80 Å². The van der Waals surface area contributed by atoms with Crippen molar-refractivity contribution < 1.29 is 4.74 Å². The second kappa shape index (κ2) is 7.62. The van der Waals surface area contributed by atoms with Gasteiger partial charge in [-0.15, -0.1) is 0 Å². The summed E-state index contributed by atoms with van der Waals surface area (Å²) in [4.78, 5) is 5.02. The van der Waals surface area contributed by atoms with Gasteiger partial charge in [-0.05, 0) is 38.1 Å². The maximum Gasteiger partial charge on any atom is 0.123 e. The van der Waals surface area contributed by atoms with Crippen molar-refractivity contribution in [3.05, 3.63) is 29.3 Å². The van der Waals surface area contributed by atoms with Crippen LogP contribution in [0.25, 0.3) is 0 Å². The molecular weight excluding hydrogens is 250 g/mol. The van der Waals surface area contributed by atoms with Crippen molar-refractivity contribution in [2.75, 3.05) is 46.4 Å². The highest BCUT2D eigenvalue weighted by atomic mass is 16.5. The summed E-state index contributed by atoms with van der Waals surface area (Å²) >= 11 is 0. The van der Waals surface area contributed by atoms with Crippen LogP contribution in [-0.4, -0.2) is 56.2 Å². The van der Waals surface area contributed by atoms with Crippen molar-refractivity contribution in [2.45, 2.75) is 19.9 Å². The molecule has 0 saturated carbocycles. The van der Waals surface area contributed by atoms with Crippen LogP contribution in [0.4, 0.5) is 0 Å². The van der Waals surface area contributed by atoms with Crippen LogP contribution in [0.3, 0.4) is 0 Å². The van der Waals surface area contributed by atoms with Crippen LogP contribution >= 0.6 is 0 Å². The Bertz CT molecular complexity index is 414. The molecule has 1 aromatic rings. The first-order valence-corrected chi connectivity index (χ1v) is 7.51. The lowest BCUT2D eigenvalue weighted by Crippen LogP contribution is -2.46. The van der Waals surface area contributed by atoms with Crippen molar-refractivity contribution >= 4 is 0 Å². The van der Waals surface area contributed by atoms with Gasteiger partial charge >= 0.3 is 0 Å². The van der Waals surface area contributed by atoms with Crippen molar-refractivity contribution in [3.8, 4) is 5.75 Å². The predicted molar refractivity (Wildman–Crippen MR) is 83.1 cm³/mol. The quantitative estimate of drug-likeness (QED) is 0.855. The van der Waals surface area contributed by atoms with Crippen LogP contribution < -0.4 is 10.5 Å². The predicted octanol–water partition coefficient (Wildman–Crippen LogP) is 1.47. The highest BCUT2D eigenvalue weighted by Crippen LogP contribution is 2.22. The zero-order chi connectivity index (χ0) is 14.4. The van der Waals surface area contributed by atoms with Gasteiger partial charge in [-0.1, -0.05) is 12.1 Å². The number of piperazine rings is 1. The van der Waals surface area contributed by atoms with E-state index in [1.807, 2.05) is 0 Å². The molecule has 1 aromatic carbocycles. The summed E-state index contributed by atoms with van der Waals surface area (Å²) in [6, 6.07) is 6.47. The molecule has 4 heteroatoms. The van der Waals surface area contributed by atoms with Gasteiger partial charge in [-0.2, -0.15) is 0 Å². The highest BCUT2D eigenvalue weighted by Gasteiger charge is 2.17. The Hall–Kier alpha value is -1.10.